The third kappa shape index (κ3) is 2.40. The molecule has 1 aromatic heterocycles. The number of nitrogens with zero attached hydrogens (tertiary/aromatic N) is 1. The van der Waals surface area contributed by atoms with Crippen LogP contribution in [0.4, 0.5) is 0 Å². The zero-order valence-electron chi connectivity index (χ0n) is 9.05. The molecule has 0 spiro atoms. The molecule has 1 heterocycles. The highest BCUT2D eigenvalue weighted by Gasteiger charge is 2.39. The van der Waals surface area contributed by atoms with Gasteiger partial charge in [-0.15, -0.1) is 0 Å². The molecule has 80 valence electrons. The number of hydrogen-bond acceptors (Lipinski definition) is 3. The fourth-order valence-electron chi connectivity index (χ4n) is 1.82. The Hall–Kier alpha value is -1.27. The molecule has 0 radical (unpaired) electrons. The minimum atomic E-state index is 0.392. The van der Waals surface area contributed by atoms with Crippen LogP contribution in [0.1, 0.15) is 37.7 Å². The van der Waals surface area contributed by atoms with E-state index in [1.807, 2.05) is 12.1 Å². The summed E-state index contributed by atoms with van der Waals surface area (Å²) in [6.45, 7) is 4.03. The molecule has 1 fully saturated rings. The highest BCUT2D eigenvalue weighted by Crippen LogP contribution is 2.47. The first-order chi connectivity index (χ1) is 7.28. The fourth-order valence-corrected chi connectivity index (χ4v) is 1.82. The summed E-state index contributed by atoms with van der Waals surface area (Å²) in [5.41, 5.74) is 0.560. The number of nitrogens with one attached hydrogen (secondary N) is 1. The molecule has 0 aromatic carbocycles. The van der Waals surface area contributed by atoms with E-state index in [9.17, 15) is 0 Å². The van der Waals surface area contributed by atoms with Crippen LogP contribution in [0.5, 0.6) is 0 Å². The van der Waals surface area contributed by atoms with E-state index < -0.39 is 0 Å². The van der Waals surface area contributed by atoms with Crippen LogP contribution in [0, 0.1) is 16.7 Å². The zero-order chi connectivity index (χ0) is 10.7. The quantitative estimate of drug-likeness (QED) is 0.801. The molecule has 0 bridgehead atoms. The van der Waals surface area contributed by atoms with Gasteiger partial charge in [0, 0.05) is 6.54 Å². The first-order valence-electron chi connectivity index (χ1n) is 5.47. The Kier molecular flexibility index (Phi) is 2.79. The Morgan fingerprint density at radius 3 is 2.87 bits per heavy atom. The largest absolute Gasteiger partial charge is 0.449 e. The second kappa shape index (κ2) is 4.08. The van der Waals surface area contributed by atoms with Crippen molar-refractivity contribution in [1.82, 2.24) is 5.32 Å². The molecule has 0 aliphatic heterocycles. The smallest absolute Gasteiger partial charge is 0.203 e. The van der Waals surface area contributed by atoms with E-state index in [-0.39, 0.29) is 0 Å². The number of hydrogen-bond donors (Lipinski definition) is 1. The molecule has 0 unspecified atom stereocenters. The summed E-state index contributed by atoms with van der Waals surface area (Å²) in [6, 6.07) is 5.55. The molecule has 15 heavy (non-hydrogen) atoms. The minimum absolute atomic E-state index is 0.392. The van der Waals surface area contributed by atoms with Crippen molar-refractivity contribution >= 4 is 0 Å². The van der Waals surface area contributed by atoms with Crippen molar-refractivity contribution in [3.8, 4) is 6.07 Å². The predicted octanol–water partition coefficient (Wildman–Crippen LogP) is 2.43. The van der Waals surface area contributed by atoms with Gasteiger partial charge in [-0.3, -0.25) is 0 Å². The zero-order valence-corrected chi connectivity index (χ0v) is 9.05. The van der Waals surface area contributed by atoms with Crippen molar-refractivity contribution < 1.29 is 4.42 Å². The van der Waals surface area contributed by atoms with E-state index in [4.69, 9.17) is 9.68 Å². The van der Waals surface area contributed by atoms with Crippen LogP contribution in [0.15, 0.2) is 16.5 Å². The van der Waals surface area contributed by atoms with E-state index in [2.05, 4.69) is 12.2 Å². The Bertz CT molecular complexity index is 371. The van der Waals surface area contributed by atoms with Gasteiger partial charge in [-0.25, -0.2) is 0 Å². The molecule has 1 aliphatic carbocycles. The van der Waals surface area contributed by atoms with E-state index in [1.165, 1.54) is 19.3 Å². The van der Waals surface area contributed by atoms with Crippen LogP contribution in [0.3, 0.4) is 0 Å². The third-order valence-electron chi connectivity index (χ3n) is 3.28. The van der Waals surface area contributed by atoms with Gasteiger partial charge in [-0.1, -0.05) is 6.92 Å². The maximum atomic E-state index is 8.59. The van der Waals surface area contributed by atoms with Gasteiger partial charge in [0.1, 0.15) is 11.8 Å². The molecule has 3 nitrogen and oxygen atoms in total. The van der Waals surface area contributed by atoms with Crippen LogP contribution in [-0.4, -0.2) is 6.54 Å². The van der Waals surface area contributed by atoms with Gasteiger partial charge >= 0.3 is 0 Å². The van der Waals surface area contributed by atoms with Crippen molar-refractivity contribution in [3.63, 3.8) is 0 Å². The van der Waals surface area contributed by atoms with E-state index >= 15 is 0 Å². The molecular weight excluding hydrogens is 188 g/mol. The normalized spacial score (nSPS) is 17.3. The maximum absolute atomic E-state index is 8.59. The molecule has 1 saturated carbocycles. The number of rotatable bonds is 5. The lowest BCUT2D eigenvalue weighted by atomic mass is 10.0. The highest BCUT2D eigenvalue weighted by molar-refractivity contribution is 5.18. The standard InChI is InChI=1S/C12H16N2O/c1-2-12(5-6-12)9-14-8-11-4-3-10(7-13)15-11/h3-4,14H,2,5-6,8-9H2,1H3. The molecule has 1 aliphatic rings. The lowest BCUT2D eigenvalue weighted by molar-refractivity contribution is 0.414. The van der Waals surface area contributed by atoms with Crippen molar-refractivity contribution in [2.75, 3.05) is 6.54 Å². The number of furan rings is 1. The summed E-state index contributed by atoms with van der Waals surface area (Å²) < 4.78 is 5.28. The Morgan fingerprint density at radius 1 is 1.53 bits per heavy atom. The van der Waals surface area contributed by atoms with Crippen molar-refractivity contribution in [3.05, 3.63) is 23.7 Å². The summed E-state index contributed by atoms with van der Waals surface area (Å²) in [7, 11) is 0. The van der Waals surface area contributed by atoms with E-state index in [0.717, 1.165) is 18.8 Å². The summed E-state index contributed by atoms with van der Waals surface area (Å²) in [5.74, 6) is 1.24. The Morgan fingerprint density at radius 2 is 2.33 bits per heavy atom. The van der Waals surface area contributed by atoms with E-state index in [1.54, 1.807) is 6.07 Å². The third-order valence-corrected chi connectivity index (χ3v) is 3.28. The van der Waals surface area contributed by atoms with Gasteiger partial charge in [0.2, 0.25) is 5.76 Å². The fraction of sp³-hybridized carbons (Fsp3) is 0.583. The number of nitriles is 1. The van der Waals surface area contributed by atoms with Crippen LogP contribution in [0.2, 0.25) is 0 Å². The van der Waals surface area contributed by atoms with E-state index in [0.29, 0.717) is 11.2 Å². The molecule has 1 aromatic rings. The lowest BCUT2D eigenvalue weighted by Gasteiger charge is -2.12. The van der Waals surface area contributed by atoms with Gasteiger partial charge in [-0.2, -0.15) is 5.26 Å². The summed E-state index contributed by atoms with van der Waals surface area (Å²) in [4.78, 5) is 0. The molecule has 0 amide bonds. The average molecular weight is 204 g/mol. The Labute approximate surface area is 90.1 Å². The topological polar surface area (TPSA) is 49.0 Å². The molecule has 1 N–H and O–H groups in total. The van der Waals surface area contributed by atoms with Crippen molar-refractivity contribution in [2.45, 2.75) is 32.7 Å². The van der Waals surface area contributed by atoms with Crippen LogP contribution in [0.25, 0.3) is 0 Å². The SMILES string of the molecule is CCC1(CNCc2ccc(C#N)o2)CC1. The van der Waals surface area contributed by atoms with Crippen molar-refractivity contribution in [2.24, 2.45) is 5.41 Å². The van der Waals surface area contributed by atoms with Crippen molar-refractivity contribution in [1.29, 1.82) is 5.26 Å². The predicted molar refractivity (Wildman–Crippen MR) is 57.1 cm³/mol. The second-order valence-corrected chi connectivity index (χ2v) is 4.33. The molecule has 3 heteroatoms. The van der Waals surface area contributed by atoms with Crippen LogP contribution >= 0.6 is 0 Å². The molecule has 2 rings (SSSR count). The lowest BCUT2D eigenvalue weighted by Crippen LogP contribution is -2.22. The first-order valence-corrected chi connectivity index (χ1v) is 5.47. The molecule has 0 saturated heterocycles. The summed E-state index contributed by atoms with van der Waals surface area (Å²) >= 11 is 0. The highest BCUT2D eigenvalue weighted by atomic mass is 16.3. The Balaban J connectivity index is 1.76. The van der Waals surface area contributed by atoms with Gasteiger partial charge in [0.05, 0.1) is 6.54 Å². The first kappa shape index (κ1) is 10.3. The maximum Gasteiger partial charge on any atom is 0.203 e. The summed E-state index contributed by atoms with van der Waals surface area (Å²) in [6.07, 6.45) is 3.94. The van der Waals surface area contributed by atoms with Gasteiger partial charge < -0.3 is 9.73 Å². The van der Waals surface area contributed by atoms with Crippen LogP contribution in [-0.2, 0) is 6.54 Å². The second-order valence-electron chi connectivity index (χ2n) is 4.33. The monoisotopic (exact) mass is 204 g/mol. The van der Waals surface area contributed by atoms with Gasteiger partial charge in [0.15, 0.2) is 0 Å². The van der Waals surface area contributed by atoms with Crippen LogP contribution < -0.4 is 5.32 Å². The van der Waals surface area contributed by atoms with Gasteiger partial charge in [-0.05, 0) is 36.8 Å². The van der Waals surface area contributed by atoms with Gasteiger partial charge in [0.25, 0.3) is 0 Å². The minimum Gasteiger partial charge on any atom is -0.449 e. The molecule has 0 atom stereocenters. The molecular formula is C12H16N2O. The average Bonchev–Trinajstić information content (AvgIpc) is 2.89. The summed E-state index contributed by atoms with van der Waals surface area (Å²) in [5, 5.41) is 12.0.